The van der Waals surface area contributed by atoms with Gasteiger partial charge in [0.15, 0.2) is 11.5 Å². The molecule has 2 heterocycles. The monoisotopic (exact) mass is 370 g/mol. The van der Waals surface area contributed by atoms with Crippen LogP contribution in [0.4, 0.5) is 10.1 Å². The van der Waals surface area contributed by atoms with Gasteiger partial charge in [0.1, 0.15) is 17.4 Å². The molecule has 2 aliphatic heterocycles. The number of halogens is 1. The smallest absolute Gasteiger partial charge is 0.278 e. The zero-order chi connectivity index (χ0) is 19.1. The van der Waals surface area contributed by atoms with Crippen molar-refractivity contribution in [3.63, 3.8) is 0 Å². The van der Waals surface area contributed by atoms with E-state index in [0.29, 0.717) is 22.8 Å². The molecule has 2 aliphatic rings. The van der Waals surface area contributed by atoms with Gasteiger partial charge in [-0.25, -0.2) is 9.29 Å². The predicted molar refractivity (Wildman–Crippen MR) is 93.3 cm³/mol. The molecule has 2 unspecified atom stereocenters. The summed E-state index contributed by atoms with van der Waals surface area (Å²) in [4.78, 5) is 31.9. The van der Waals surface area contributed by atoms with E-state index in [-0.39, 0.29) is 5.69 Å². The van der Waals surface area contributed by atoms with Crippen LogP contribution in [0.3, 0.4) is 0 Å². The molecule has 0 radical (unpaired) electrons. The number of oxime groups is 1. The first-order chi connectivity index (χ1) is 13.0. The summed E-state index contributed by atoms with van der Waals surface area (Å²) in [6.45, 7) is 0. The molecule has 1 saturated heterocycles. The summed E-state index contributed by atoms with van der Waals surface area (Å²) < 4.78 is 23.6. The van der Waals surface area contributed by atoms with Crippen LogP contribution in [0.5, 0.6) is 11.5 Å². The second-order valence-corrected chi connectivity index (χ2v) is 6.04. The number of hydrogen-bond acceptors (Lipinski definition) is 6. The summed E-state index contributed by atoms with van der Waals surface area (Å²) in [7, 11) is 3.02. The molecule has 7 nitrogen and oxygen atoms in total. The Hall–Kier alpha value is -3.42. The van der Waals surface area contributed by atoms with Crippen LogP contribution < -0.4 is 14.4 Å². The lowest BCUT2D eigenvalue weighted by molar-refractivity contribution is -0.126. The number of imide groups is 1. The third-order valence-corrected chi connectivity index (χ3v) is 4.58. The third-order valence-electron chi connectivity index (χ3n) is 4.58. The minimum Gasteiger partial charge on any atom is -0.493 e. The van der Waals surface area contributed by atoms with Crippen molar-refractivity contribution in [1.82, 2.24) is 0 Å². The van der Waals surface area contributed by atoms with Crippen LogP contribution >= 0.6 is 0 Å². The van der Waals surface area contributed by atoms with Crippen molar-refractivity contribution in [2.24, 2.45) is 11.1 Å². The highest BCUT2D eigenvalue weighted by molar-refractivity contribution is 6.32. The summed E-state index contributed by atoms with van der Waals surface area (Å²) in [5.74, 6) is -1.34. The van der Waals surface area contributed by atoms with Gasteiger partial charge < -0.3 is 14.3 Å². The highest BCUT2D eigenvalue weighted by Crippen LogP contribution is 2.37. The molecule has 0 bridgehead atoms. The molecule has 0 N–H and O–H groups in total. The molecule has 27 heavy (non-hydrogen) atoms. The lowest BCUT2D eigenvalue weighted by atomic mass is 9.94. The van der Waals surface area contributed by atoms with Crippen molar-refractivity contribution in [3.05, 3.63) is 53.8 Å². The van der Waals surface area contributed by atoms with Crippen LogP contribution in [0, 0.1) is 11.7 Å². The van der Waals surface area contributed by atoms with Gasteiger partial charge in [-0.2, -0.15) is 0 Å². The standard InChI is InChI=1S/C19H15FN2O5/c1-25-13-8-3-10(9-14(13)26-2)16-15-17(27-21-16)19(24)22(18(15)23)12-6-4-11(20)5-7-12/h3-9,15,17H,1-2H3. The number of amides is 2. The molecular weight excluding hydrogens is 355 g/mol. The maximum Gasteiger partial charge on any atom is 0.278 e. The Balaban J connectivity index is 1.69. The van der Waals surface area contributed by atoms with Crippen LogP contribution in [0.1, 0.15) is 5.56 Å². The molecule has 0 saturated carbocycles. The second-order valence-electron chi connectivity index (χ2n) is 6.04. The highest BCUT2D eigenvalue weighted by atomic mass is 19.1. The van der Waals surface area contributed by atoms with Gasteiger partial charge in [-0.1, -0.05) is 5.16 Å². The summed E-state index contributed by atoms with van der Waals surface area (Å²) >= 11 is 0. The molecule has 2 aromatic carbocycles. The van der Waals surface area contributed by atoms with Crippen LogP contribution in [-0.4, -0.2) is 37.8 Å². The Morgan fingerprint density at radius 1 is 1.00 bits per heavy atom. The molecule has 2 amide bonds. The summed E-state index contributed by atoms with van der Waals surface area (Å²) in [5.41, 5.74) is 1.21. The maximum absolute atomic E-state index is 13.2. The third kappa shape index (κ3) is 2.61. The first-order valence-corrected chi connectivity index (χ1v) is 8.14. The lowest BCUT2D eigenvalue weighted by Crippen LogP contribution is -2.33. The molecule has 1 fully saturated rings. The average molecular weight is 370 g/mol. The van der Waals surface area contributed by atoms with Crippen LogP contribution in [0.25, 0.3) is 0 Å². The van der Waals surface area contributed by atoms with E-state index in [1.54, 1.807) is 18.2 Å². The highest BCUT2D eigenvalue weighted by Gasteiger charge is 2.56. The van der Waals surface area contributed by atoms with Gasteiger partial charge in [0.05, 0.1) is 19.9 Å². The van der Waals surface area contributed by atoms with E-state index >= 15 is 0 Å². The van der Waals surface area contributed by atoms with Crippen molar-refractivity contribution in [2.45, 2.75) is 6.10 Å². The van der Waals surface area contributed by atoms with E-state index in [1.807, 2.05) is 0 Å². The first-order valence-electron chi connectivity index (χ1n) is 8.14. The van der Waals surface area contributed by atoms with Crippen molar-refractivity contribution < 1.29 is 28.3 Å². The fourth-order valence-electron chi connectivity index (χ4n) is 3.26. The van der Waals surface area contributed by atoms with Gasteiger partial charge >= 0.3 is 0 Å². The van der Waals surface area contributed by atoms with E-state index in [9.17, 15) is 14.0 Å². The fourth-order valence-corrected chi connectivity index (χ4v) is 3.26. The topological polar surface area (TPSA) is 77.4 Å². The number of fused-ring (bicyclic) bond motifs is 1. The number of ether oxygens (including phenoxy) is 2. The lowest BCUT2D eigenvalue weighted by Gasteiger charge is -2.15. The van der Waals surface area contributed by atoms with Gasteiger partial charge in [-0.05, 0) is 42.5 Å². The summed E-state index contributed by atoms with van der Waals surface area (Å²) in [6.07, 6.45) is -1.04. The van der Waals surface area contributed by atoms with Gasteiger partial charge in [0.2, 0.25) is 12.0 Å². The SMILES string of the molecule is COc1ccc(C2=NOC3C(=O)N(c4ccc(F)cc4)C(=O)C23)cc1OC. The van der Waals surface area contributed by atoms with E-state index in [1.165, 1.54) is 38.5 Å². The average Bonchev–Trinajstić information content (AvgIpc) is 3.23. The van der Waals surface area contributed by atoms with E-state index in [2.05, 4.69) is 5.16 Å². The van der Waals surface area contributed by atoms with Crippen molar-refractivity contribution >= 4 is 23.2 Å². The number of methoxy groups -OCH3 is 2. The molecule has 138 valence electrons. The predicted octanol–water partition coefficient (Wildman–Crippen LogP) is 2.14. The van der Waals surface area contributed by atoms with Crippen molar-refractivity contribution in [2.75, 3.05) is 19.1 Å². The largest absolute Gasteiger partial charge is 0.493 e. The molecule has 8 heteroatoms. The zero-order valence-electron chi connectivity index (χ0n) is 14.5. The number of carbonyl (C=O) groups is 2. The number of benzene rings is 2. The normalized spacial score (nSPS) is 21.0. The summed E-state index contributed by atoms with van der Waals surface area (Å²) in [6, 6.07) is 10.2. The molecule has 0 spiro atoms. The van der Waals surface area contributed by atoms with Crippen molar-refractivity contribution in [1.29, 1.82) is 0 Å². The molecule has 0 aliphatic carbocycles. The Kier molecular flexibility index (Phi) is 4.02. The van der Waals surface area contributed by atoms with Gasteiger partial charge in [-0.3, -0.25) is 9.59 Å². The van der Waals surface area contributed by atoms with Gasteiger partial charge in [-0.15, -0.1) is 0 Å². The van der Waals surface area contributed by atoms with E-state index in [4.69, 9.17) is 14.3 Å². The molecule has 2 aromatic rings. The fraction of sp³-hybridized carbons (Fsp3) is 0.211. The van der Waals surface area contributed by atoms with Crippen LogP contribution in [0.2, 0.25) is 0 Å². The maximum atomic E-state index is 13.2. The number of anilines is 1. The van der Waals surface area contributed by atoms with Gasteiger partial charge in [0.25, 0.3) is 5.91 Å². The number of carbonyl (C=O) groups excluding carboxylic acids is 2. The van der Waals surface area contributed by atoms with Crippen LogP contribution in [0.15, 0.2) is 47.6 Å². The molecule has 0 aromatic heterocycles. The Labute approximate surface area is 153 Å². The zero-order valence-corrected chi connectivity index (χ0v) is 14.5. The second kappa shape index (κ2) is 6.39. The molecular formula is C19H15FN2O5. The van der Waals surface area contributed by atoms with Crippen LogP contribution in [-0.2, 0) is 14.4 Å². The minimum absolute atomic E-state index is 0.288. The Morgan fingerprint density at radius 3 is 2.37 bits per heavy atom. The molecule has 2 atom stereocenters. The number of nitrogens with zero attached hydrogens (tertiary/aromatic N) is 2. The number of rotatable bonds is 4. The van der Waals surface area contributed by atoms with Crippen molar-refractivity contribution in [3.8, 4) is 11.5 Å². The Bertz CT molecular complexity index is 957. The first kappa shape index (κ1) is 17.0. The van der Waals surface area contributed by atoms with E-state index < -0.39 is 29.7 Å². The minimum atomic E-state index is -1.04. The summed E-state index contributed by atoms with van der Waals surface area (Å²) in [5, 5.41) is 3.96. The molecule has 4 rings (SSSR count). The van der Waals surface area contributed by atoms with Gasteiger partial charge in [0, 0.05) is 5.56 Å². The quantitative estimate of drug-likeness (QED) is 0.771. The van der Waals surface area contributed by atoms with E-state index in [0.717, 1.165) is 4.90 Å². The Morgan fingerprint density at radius 2 is 1.70 bits per heavy atom. The number of hydrogen-bond donors (Lipinski definition) is 0.